The van der Waals surface area contributed by atoms with Gasteiger partial charge in [0.2, 0.25) is 17.7 Å². The van der Waals surface area contributed by atoms with E-state index in [1.165, 1.54) is 13.8 Å². The van der Waals surface area contributed by atoms with Crippen LogP contribution >= 0.6 is 12.6 Å². The number of rotatable bonds is 12. The topological polar surface area (TPSA) is 208 Å². The summed E-state index contributed by atoms with van der Waals surface area (Å²) in [5, 5.41) is 34.0. The first kappa shape index (κ1) is 25.6. The maximum Gasteiger partial charge on any atom is 0.326 e. The molecule has 0 aliphatic carbocycles. The first-order valence-electron chi connectivity index (χ1n) is 8.30. The van der Waals surface area contributed by atoms with Gasteiger partial charge in [0, 0.05) is 12.2 Å². The Morgan fingerprint density at radius 1 is 0.964 bits per heavy atom. The van der Waals surface area contributed by atoms with E-state index < -0.39 is 66.4 Å². The van der Waals surface area contributed by atoms with Gasteiger partial charge in [-0.1, -0.05) is 0 Å². The summed E-state index contributed by atoms with van der Waals surface area (Å²) in [6, 6.07) is -5.10. The van der Waals surface area contributed by atoms with Gasteiger partial charge in [-0.2, -0.15) is 12.6 Å². The van der Waals surface area contributed by atoms with Crippen LogP contribution in [0.4, 0.5) is 0 Å². The van der Waals surface area contributed by atoms with Gasteiger partial charge in [-0.05, 0) is 20.3 Å². The van der Waals surface area contributed by atoms with Gasteiger partial charge in [0.25, 0.3) is 0 Å². The Balaban J connectivity index is 5.02. The molecule has 0 spiro atoms. The van der Waals surface area contributed by atoms with Crippen LogP contribution < -0.4 is 21.7 Å². The van der Waals surface area contributed by atoms with Gasteiger partial charge in [-0.15, -0.1) is 0 Å². The van der Waals surface area contributed by atoms with Crippen molar-refractivity contribution in [2.45, 2.75) is 57.0 Å². The molecule has 0 saturated carbocycles. The fourth-order valence-electron chi connectivity index (χ4n) is 1.94. The van der Waals surface area contributed by atoms with Crippen LogP contribution in [0.3, 0.4) is 0 Å². The molecule has 0 fully saturated rings. The zero-order chi connectivity index (χ0) is 22.0. The minimum atomic E-state index is -1.53. The van der Waals surface area contributed by atoms with Gasteiger partial charge in [-0.3, -0.25) is 19.2 Å². The van der Waals surface area contributed by atoms with E-state index in [2.05, 4.69) is 28.6 Å². The minimum Gasteiger partial charge on any atom is -0.481 e. The lowest BCUT2D eigenvalue weighted by Gasteiger charge is -2.25. The summed E-state index contributed by atoms with van der Waals surface area (Å²) in [5.74, 6) is -5.15. The third-order valence-corrected chi connectivity index (χ3v) is 4.00. The van der Waals surface area contributed by atoms with Crippen molar-refractivity contribution in [3.8, 4) is 0 Å². The standard InChI is InChI=1S/C15H26N4O8S/c1-6(17-13(24)8(16)5-28)12(23)19-11(7(2)20)14(25)18-9(15(26)27)3-4-10(21)22/h6-9,11,20,28H,3-5,16H2,1-2H3,(H,17,24)(H,18,25)(H,19,23)(H,21,22)(H,26,27). The summed E-state index contributed by atoms with van der Waals surface area (Å²) in [7, 11) is 0. The lowest BCUT2D eigenvalue weighted by atomic mass is 10.1. The molecule has 0 bridgehead atoms. The highest BCUT2D eigenvalue weighted by Gasteiger charge is 2.31. The number of aliphatic hydroxyl groups is 1. The number of amides is 3. The van der Waals surface area contributed by atoms with Gasteiger partial charge in [0.15, 0.2) is 0 Å². The number of thiol groups is 1. The summed E-state index contributed by atoms with van der Waals surface area (Å²) in [6.07, 6.45) is -2.29. The normalized spacial score (nSPS) is 16.0. The Hall–Kier alpha value is -2.38. The van der Waals surface area contributed by atoms with Crippen molar-refractivity contribution in [3.05, 3.63) is 0 Å². The number of hydrogen-bond donors (Lipinski definition) is 8. The molecule has 0 aromatic carbocycles. The quantitative estimate of drug-likeness (QED) is 0.151. The van der Waals surface area contributed by atoms with Gasteiger partial charge in [-0.25, -0.2) is 4.79 Å². The van der Waals surface area contributed by atoms with E-state index in [-0.39, 0.29) is 12.2 Å². The molecular formula is C15H26N4O8S. The lowest BCUT2D eigenvalue weighted by Crippen LogP contribution is -2.59. The number of nitrogens with two attached hydrogens (primary N) is 1. The Kier molecular flexibility index (Phi) is 11.1. The Bertz CT molecular complexity index is 601. The number of aliphatic hydroxyl groups excluding tert-OH is 1. The van der Waals surface area contributed by atoms with Gasteiger partial charge in [0.05, 0.1) is 12.1 Å². The van der Waals surface area contributed by atoms with Gasteiger partial charge >= 0.3 is 11.9 Å². The molecule has 5 atom stereocenters. The van der Waals surface area contributed by atoms with E-state index in [9.17, 15) is 29.1 Å². The third kappa shape index (κ3) is 9.01. The number of carboxylic acids is 2. The van der Waals surface area contributed by atoms with Crippen molar-refractivity contribution in [2.75, 3.05) is 5.75 Å². The fraction of sp³-hybridized carbons (Fsp3) is 0.667. The zero-order valence-electron chi connectivity index (χ0n) is 15.4. The molecule has 13 heteroatoms. The van der Waals surface area contributed by atoms with Crippen molar-refractivity contribution in [3.63, 3.8) is 0 Å². The number of aliphatic carboxylic acids is 2. The molecule has 0 radical (unpaired) electrons. The van der Waals surface area contributed by atoms with Crippen LogP contribution in [0.2, 0.25) is 0 Å². The third-order valence-electron chi connectivity index (χ3n) is 3.61. The van der Waals surface area contributed by atoms with Crippen LogP contribution in [-0.4, -0.2) is 81.0 Å². The smallest absolute Gasteiger partial charge is 0.326 e. The number of carboxylic acid groups (broad SMARTS) is 2. The number of nitrogens with one attached hydrogen (secondary N) is 3. The molecule has 0 aromatic heterocycles. The average Bonchev–Trinajstić information content (AvgIpc) is 2.60. The molecule has 0 saturated heterocycles. The summed E-state index contributed by atoms with van der Waals surface area (Å²) in [5.41, 5.74) is 5.47. The molecule has 0 rings (SSSR count). The van der Waals surface area contributed by atoms with E-state index in [1.54, 1.807) is 0 Å². The highest BCUT2D eigenvalue weighted by molar-refractivity contribution is 7.80. The monoisotopic (exact) mass is 422 g/mol. The van der Waals surface area contributed by atoms with Crippen LogP contribution in [0.1, 0.15) is 26.7 Å². The van der Waals surface area contributed by atoms with E-state index >= 15 is 0 Å². The van der Waals surface area contributed by atoms with E-state index in [4.69, 9.17) is 15.9 Å². The van der Waals surface area contributed by atoms with Crippen molar-refractivity contribution in [2.24, 2.45) is 5.73 Å². The van der Waals surface area contributed by atoms with Crippen LogP contribution in [0.25, 0.3) is 0 Å². The largest absolute Gasteiger partial charge is 0.481 e. The Morgan fingerprint density at radius 2 is 1.54 bits per heavy atom. The summed E-state index contributed by atoms with van der Waals surface area (Å²) in [4.78, 5) is 57.9. The number of carbonyl (C=O) groups excluding carboxylic acids is 3. The molecule has 0 aliphatic heterocycles. The lowest BCUT2D eigenvalue weighted by molar-refractivity contribution is -0.144. The highest BCUT2D eigenvalue weighted by Crippen LogP contribution is 2.02. The van der Waals surface area contributed by atoms with Crippen molar-refractivity contribution < 1.29 is 39.3 Å². The maximum absolute atomic E-state index is 12.3. The molecule has 5 unspecified atom stereocenters. The first-order chi connectivity index (χ1) is 12.9. The maximum atomic E-state index is 12.3. The van der Waals surface area contributed by atoms with Crippen molar-refractivity contribution >= 4 is 42.3 Å². The van der Waals surface area contributed by atoms with Crippen molar-refractivity contribution in [1.29, 1.82) is 0 Å². The van der Waals surface area contributed by atoms with Crippen LogP contribution in [0, 0.1) is 0 Å². The molecule has 12 nitrogen and oxygen atoms in total. The van der Waals surface area contributed by atoms with Crippen LogP contribution in [0.15, 0.2) is 0 Å². The highest BCUT2D eigenvalue weighted by atomic mass is 32.1. The summed E-state index contributed by atoms with van der Waals surface area (Å²) in [6.45, 7) is 2.51. The molecule has 28 heavy (non-hydrogen) atoms. The van der Waals surface area contributed by atoms with E-state index in [0.717, 1.165) is 0 Å². The number of hydrogen-bond acceptors (Lipinski definition) is 8. The second kappa shape index (κ2) is 12.2. The fourth-order valence-corrected chi connectivity index (χ4v) is 2.10. The number of carbonyl (C=O) groups is 5. The predicted molar refractivity (Wildman–Crippen MR) is 99.5 cm³/mol. The van der Waals surface area contributed by atoms with E-state index in [0.29, 0.717) is 0 Å². The molecule has 0 heterocycles. The molecular weight excluding hydrogens is 396 g/mol. The van der Waals surface area contributed by atoms with Gasteiger partial charge < -0.3 is 37.0 Å². The molecule has 3 amide bonds. The second-order valence-electron chi connectivity index (χ2n) is 6.08. The summed E-state index contributed by atoms with van der Waals surface area (Å²) < 4.78 is 0. The molecule has 8 N–H and O–H groups in total. The Morgan fingerprint density at radius 3 is 1.96 bits per heavy atom. The van der Waals surface area contributed by atoms with Crippen LogP contribution in [0.5, 0.6) is 0 Å². The second-order valence-corrected chi connectivity index (χ2v) is 6.44. The van der Waals surface area contributed by atoms with Gasteiger partial charge in [0.1, 0.15) is 18.1 Å². The molecule has 0 aliphatic rings. The predicted octanol–water partition coefficient (Wildman–Crippen LogP) is -2.95. The first-order valence-corrected chi connectivity index (χ1v) is 8.94. The molecule has 160 valence electrons. The average molecular weight is 422 g/mol. The molecule has 0 aromatic rings. The SMILES string of the molecule is CC(NC(=O)C(N)CS)C(=O)NC(C(=O)NC(CCC(=O)O)C(=O)O)C(C)O. The minimum absolute atomic E-state index is 0.0474. The Labute approximate surface area is 166 Å². The van der Waals surface area contributed by atoms with Crippen LogP contribution in [-0.2, 0) is 24.0 Å². The summed E-state index contributed by atoms with van der Waals surface area (Å²) >= 11 is 3.86. The van der Waals surface area contributed by atoms with E-state index in [1.807, 2.05) is 0 Å². The van der Waals surface area contributed by atoms with Crippen molar-refractivity contribution in [1.82, 2.24) is 16.0 Å². The zero-order valence-corrected chi connectivity index (χ0v) is 16.3.